The molecule has 1 aliphatic heterocycles. The van der Waals surface area contributed by atoms with Crippen molar-refractivity contribution in [2.45, 2.75) is 25.6 Å². The molecule has 0 fully saturated rings. The molecule has 3 rings (SSSR count). The molecule has 0 unspecified atom stereocenters. The summed E-state index contributed by atoms with van der Waals surface area (Å²) in [6.45, 7) is 3.55. The number of ether oxygens (including phenoxy) is 5. The van der Waals surface area contributed by atoms with Gasteiger partial charge in [0.05, 0.1) is 44.8 Å². The molecule has 10 heteroatoms. The Hall–Kier alpha value is -3.44. The summed E-state index contributed by atoms with van der Waals surface area (Å²) in [5, 5.41) is 21.6. The summed E-state index contributed by atoms with van der Waals surface area (Å²) in [5.74, 6) is -1.48. The summed E-state index contributed by atoms with van der Waals surface area (Å²) >= 11 is 0. The fraction of sp³-hybridized carbons (Fsp3) is 0.429. The zero-order chi connectivity index (χ0) is 27.3. The smallest absolute Gasteiger partial charge is 0.337 e. The lowest BCUT2D eigenvalue weighted by Gasteiger charge is -2.37. The SMILES string of the molecule is CCO[C@H]1OC(C(=O)Nc2ccccc2O)=C[C@@H](c2ccc(C(=O)OC)cc2)[C@H]1CCOCCOCCO. The number of hydrogen-bond donors (Lipinski definition) is 3. The minimum atomic E-state index is -0.741. The van der Waals surface area contributed by atoms with E-state index in [-0.39, 0.29) is 42.2 Å². The van der Waals surface area contributed by atoms with Gasteiger partial charge in [-0.05, 0) is 49.2 Å². The molecule has 0 bridgehead atoms. The molecule has 3 N–H and O–H groups in total. The van der Waals surface area contributed by atoms with Gasteiger partial charge in [0.2, 0.25) is 6.29 Å². The zero-order valence-corrected chi connectivity index (χ0v) is 21.6. The van der Waals surface area contributed by atoms with E-state index < -0.39 is 18.2 Å². The highest BCUT2D eigenvalue weighted by Gasteiger charge is 2.38. The Morgan fingerprint density at radius 2 is 1.71 bits per heavy atom. The van der Waals surface area contributed by atoms with Gasteiger partial charge >= 0.3 is 5.97 Å². The number of phenolic OH excluding ortho intramolecular Hbond substituents is 1. The maximum absolute atomic E-state index is 13.1. The van der Waals surface area contributed by atoms with E-state index in [4.69, 9.17) is 28.8 Å². The fourth-order valence-corrected chi connectivity index (χ4v) is 4.15. The first-order chi connectivity index (χ1) is 18.5. The molecule has 3 atom stereocenters. The third-order valence-corrected chi connectivity index (χ3v) is 6.01. The molecule has 0 aliphatic carbocycles. The molecular weight excluding hydrogens is 494 g/mol. The van der Waals surface area contributed by atoms with Crippen LogP contribution in [-0.2, 0) is 28.5 Å². The summed E-state index contributed by atoms with van der Waals surface area (Å²) in [5.41, 5.74) is 1.52. The van der Waals surface area contributed by atoms with Crippen molar-refractivity contribution >= 4 is 17.6 Å². The van der Waals surface area contributed by atoms with Crippen molar-refractivity contribution in [2.75, 3.05) is 52.1 Å². The van der Waals surface area contributed by atoms with Crippen molar-refractivity contribution in [3.05, 3.63) is 71.5 Å². The van der Waals surface area contributed by atoms with Gasteiger partial charge in [0, 0.05) is 25.0 Å². The van der Waals surface area contributed by atoms with Crippen molar-refractivity contribution in [1.82, 2.24) is 0 Å². The van der Waals surface area contributed by atoms with Crippen LogP contribution >= 0.6 is 0 Å². The first kappa shape index (κ1) is 29.1. The van der Waals surface area contributed by atoms with Crippen LogP contribution in [-0.4, -0.2) is 75.1 Å². The maximum Gasteiger partial charge on any atom is 0.337 e. The number of aromatic hydroxyl groups is 1. The van der Waals surface area contributed by atoms with Crippen molar-refractivity contribution in [3.8, 4) is 5.75 Å². The molecule has 1 heterocycles. The Labute approximate surface area is 222 Å². The number of aliphatic hydroxyl groups is 1. The number of carbonyl (C=O) groups excluding carboxylic acids is 2. The Balaban J connectivity index is 1.85. The van der Waals surface area contributed by atoms with Gasteiger partial charge in [-0.25, -0.2) is 4.79 Å². The largest absolute Gasteiger partial charge is 0.506 e. The van der Waals surface area contributed by atoms with E-state index >= 15 is 0 Å². The van der Waals surface area contributed by atoms with Gasteiger partial charge in [0.15, 0.2) is 5.76 Å². The van der Waals surface area contributed by atoms with Crippen LogP contribution in [0, 0.1) is 5.92 Å². The number of allylic oxidation sites excluding steroid dienone is 1. The van der Waals surface area contributed by atoms with Crippen LogP contribution < -0.4 is 5.32 Å². The maximum atomic E-state index is 13.1. The van der Waals surface area contributed by atoms with Gasteiger partial charge < -0.3 is 39.2 Å². The molecule has 206 valence electrons. The first-order valence-corrected chi connectivity index (χ1v) is 12.5. The topological polar surface area (TPSA) is 133 Å². The van der Waals surface area contributed by atoms with Gasteiger partial charge in [0.25, 0.3) is 5.91 Å². The number of hydrogen-bond acceptors (Lipinski definition) is 9. The number of methoxy groups -OCH3 is 1. The van der Waals surface area contributed by atoms with Crippen LogP contribution in [0.3, 0.4) is 0 Å². The van der Waals surface area contributed by atoms with Crippen LogP contribution in [0.5, 0.6) is 5.75 Å². The van der Waals surface area contributed by atoms with Gasteiger partial charge in [-0.3, -0.25) is 4.79 Å². The van der Waals surface area contributed by atoms with Gasteiger partial charge in [0.1, 0.15) is 5.75 Å². The predicted octanol–water partition coefficient (Wildman–Crippen LogP) is 3.21. The number of nitrogens with one attached hydrogen (secondary N) is 1. The van der Waals surface area contributed by atoms with Crippen LogP contribution in [0.1, 0.15) is 35.2 Å². The van der Waals surface area contributed by atoms with E-state index in [2.05, 4.69) is 5.32 Å². The Morgan fingerprint density at radius 1 is 1.00 bits per heavy atom. The third-order valence-electron chi connectivity index (χ3n) is 6.01. The summed E-state index contributed by atoms with van der Waals surface area (Å²) < 4.78 is 27.7. The normalized spacial score (nSPS) is 18.8. The highest BCUT2D eigenvalue weighted by atomic mass is 16.7. The molecule has 0 radical (unpaired) electrons. The number of para-hydroxylation sites is 2. The number of benzene rings is 2. The van der Waals surface area contributed by atoms with Gasteiger partial charge in [-0.1, -0.05) is 24.3 Å². The molecule has 2 aromatic carbocycles. The average Bonchev–Trinajstić information content (AvgIpc) is 2.94. The standard InChI is InChI=1S/C28H35NO9/c1-3-37-28-21(12-14-35-16-17-36-15-13-30)22(19-8-10-20(11-9-19)27(33)34-2)18-25(38-28)26(32)29-23-6-4-5-7-24(23)31/h4-11,18,21-22,28,30-31H,3,12-17H2,1-2H3,(H,29,32)/t21-,22+,28+/m1/s1. The van der Waals surface area contributed by atoms with Crippen LogP contribution in [0.25, 0.3) is 0 Å². The van der Waals surface area contributed by atoms with Crippen molar-refractivity contribution in [3.63, 3.8) is 0 Å². The number of amides is 1. The second-order valence-corrected chi connectivity index (χ2v) is 8.48. The number of anilines is 1. The van der Waals surface area contributed by atoms with E-state index in [1.54, 1.807) is 36.4 Å². The van der Waals surface area contributed by atoms with Crippen LogP contribution in [0.4, 0.5) is 5.69 Å². The Morgan fingerprint density at radius 3 is 2.37 bits per heavy atom. The molecule has 38 heavy (non-hydrogen) atoms. The van der Waals surface area contributed by atoms with E-state index in [1.165, 1.54) is 13.2 Å². The van der Waals surface area contributed by atoms with Gasteiger partial charge in [-0.15, -0.1) is 0 Å². The molecule has 0 aromatic heterocycles. The highest BCUT2D eigenvalue weighted by molar-refractivity contribution is 6.03. The zero-order valence-electron chi connectivity index (χ0n) is 21.6. The van der Waals surface area contributed by atoms with Gasteiger partial charge in [-0.2, -0.15) is 0 Å². The van der Waals surface area contributed by atoms with E-state index in [9.17, 15) is 14.7 Å². The number of aliphatic hydroxyl groups excluding tert-OH is 1. The number of esters is 1. The molecule has 0 saturated heterocycles. The number of rotatable bonds is 14. The minimum absolute atomic E-state index is 0.0436. The molecule has 1 aliphatic rings. The van der Waals surface area contributed by atoms with Crippen LogP contribution in [0.15, 0.2) is 60.4 Å². The first-order valence-electron chi connectivity index (χ1n) is 12.5. The van der Waals surface area contributed by atoms with Crippen LogP contribution in [0.2, 0.25) is 0 Å². The second-order valence-electron chi connectivity index (χ2n) is 8.48. The molecule has 2 aromatic rings. The Bertz CT molecular complexity index is 1070. The second kappa shape index (κ2) is 15.1. The summed E-state index contributed by atoms with van der Waals surface area (Å²) in [4.78, 5) is 25.1. The summed E-state index contributed by atoms with van der Waals surface area (Å²) in [6.07, 6.45) is 1.54. The number of phenols is 1. The van der Waals surface area contributed by atoms with E-state index in [0.29, 0.717) is 38.4 Å². The Kier molecular flexibility index (Phi) is 11.6. The lowest BCUT2D eigenvalue weighted by atomic mass is 9.81. The van der Waals surface area contributed by atoms with E-state index in [1.807, 2.05) is 19.1 Å². The highest BCUT2D eigenvalue weighted by Crippen LogP contribution is 2.39. The minimum Gasteiger partial charge on any atom is -0.506 e. The van der Waals surface area contributed by atoms with Crippen molar-refractivity contribution in [2.24, 2.45) is 5.92 Å². The molecule has 0 saturated carbocycles. The molecule has 0 spiro atoms. The predicted molar refractivity (Wildman–Crippen MR) is 139 cm³/mol. The third kappa shape index (κ3) is 8.03. The molecular formula is C28H35NO9. The molecule has 1 amide bonds. The fourth-order valence-electron chi connectivity index (χ4n) is 4.15. The number of carbonyl (C=O) groups is 2. The monoisotopic (exact) mass is 529 g/mol. The summed E-state index contributed by atoms with van der Waals surface area (Å²) in [6, 6.07) is 13.4. The lowest BCUT2D eigenvalue weighted by Crippen LogP contribution is -2.38. The lowest BCUT2D eigenvalue weighted by molar-refractivity contribution is -0.166. The van der Waals surface area contributed by atoms with E-state index in [0.717, 1.165) is 5.56 Å². The van der Waals surface area contributed by atoms with Crippen molar-refractivity contribution < 1.29 is 43.5 Å². The molecule has 10 nitrogen and oxygen atoms in total. The average molecular weight is 530 g/mol. The van der Waals surface area contributed by atoms with Crippen molar-refractivity contribution in [1.29, 1.82) is 0 Å². The quantitative estimate of drug-likeness (QED) is 0.192. The summed E-state index contributed by atoms with van der Waals surface area (Å²) in [7, 11) is 1.32.